The summed E-state index contributed by atoms with van der Waals surface area (Å²) >= 11 is 5.95. The van der Waals surface area contributed by atoms with Crippen LogP contribution in [0.3, 0.4) is 0 Å². The molecule has 3 N–H and O–H groups in total. The first-order chi connectivity index (χ1) is 11.2. The van der Waals surface area contributed by atoms with Crippen LogP contribution in [-0.4, -0.2) is 31.6 Å². The van der Waals surface area contributed by atoms with Gasteiger partial charge in [0.2, 0.25) is 5.91 Å². The number of carbonyl (C=O) groups excluding carboxylic acids is 1. The normalized spacial score (nSPS) is 16.6. The lowest BCUT2D eigenvalue weighted by Gasteiger charge is -2.29. The molecule has 1 saturated heterocycles. The number of carbonyl (C=O) groups is 1. The van der Waals surface area contributed by atoms with Crippen molar-refractivity contribution in [3.05, 3.63) is 28.8 Å². The van der Waals surface area contributed by atoms with E-state index >= 15 is 0 Å². The molecule has 0 aliphatic carbocycles. The van der Waals surface area contributed by atoms with Crippen molar-refractivity contribution in [2.45, 2.75) is 26.1 Å². The summed E-state index contributed by atoms with van der Waals surface area (Å²) in [5.41, 5.74) is -0.509. The lowest BCUT2D eigenvalue weighted by molar-refractivity contribution is -0.137. The van der Waals surface area contributed by atoms with Crippen LogP contribution in [0.2, 0.25) is 5.02 Å². The summed E-state index contributed by atoms with van der Waals surface area (Å²) in [6.07, 6.45) is -4.45. The smallest absolute Gasteiger partial charge is 0.372 e. The highest BCUT2D eigenvalue weighted by Gasteiger charge is 2.31. The number of rotatable bonds is 6. The maximum atomic E-state index is 12.7. The van der Waals surface area contributed by atoms with Gasteiger partial charge in [-0.15, -0.1) is 0 Å². The summed E-state index contributed by atoms with van der Waals surface area (Å²) in [6, 6.07) is 2.49. The molecule has 0 aromatic heterocycles. The van der Waals surface area contributed by atoms with Crippen LogP contribution in [-0.2, 0) is 11.0 Å². The number of nitrogens with one attached hydrogen (secondary N) is 3. The number of hydrogen-bond acceptors (Lipinski definition) is 3. The molecular weight excluding hydrogens is 343 g/mol. The molecule has 0 bridgehead atoms. The van der Waals surface area contributed by atoms with E-state index in [1.807, 2.05) is 13.8 Å². The summed E-state index contributed by atoms with van der Waals surface area (Å²) in [6.45, 7) is 6.06. The summed E-state index contributed by atoms with van der Waals surface area (Å²) in [4.78, 5) is 12.4. The van der Waals surface area contributed by atoms with E-state index < -0.39 is 17.8 Å². The highest BCUT2D eigenvalue weighted by atomic mass is 35.5. The van der Waals surface area contributed by atoms with E-state index in [1.54, 1.807) is 0 Å². The van der Waals surface area contributed by atoms with Crippen molar-refractivity contribution in [3.8, 4) is 0 Å². The van der Waals surface area contributed by atoms with Crippen LogP contribution < -0.4 is 16.0 Å². The highest BCUT2D eigenvalue weighted by molar-refractivity contribution is 6.33. The van der Waals surface area contributed by atoms with E-state index in [9.17, 15) is 18.0 Å². The van der Waals surface area contributed by atoms with Gasteiger partial charge in [-0.1, -0.05) is 25.4 Å². The Bertz CT molecular complexity index is 588. The van der Waals surface area contributed by atoms with Gasteiger partial charge in [0.05, 0.1) is 16.3 Å². The summed E-state index contributed by atoms with van der Waals surface area (Å²) in [5, 5.41) is 8.90. The van der Waals surface area contributed by atoms with E-state index in [-0.39, 0.29) is 16.8 Å². The molecule has 1 unspecified atom stereocenters. The number of benzene rings is 1. The molecule has 1 fully saturated rings. The Hall–Kier alpha value is -1.47. The van der Waals surface area contributed by atoms with Gasteiger partial charge in [-0.3, -0.25) is 4.79 Å². The average Bonchev–Trinajstić information content (AvgIpc) is 2.42. The van der Waals surface area contributed by atoms with Gasteiger partial charge in [-0.25, -0.2) is 0 Å². The molecule has 4 nitrogen and oxygen atoms in total. The Morgan fingerprint density at radius 2 is 2.04 bits per heavy atom. The van der Waals surface area contributed by atoms with Gasteiger partial charge >= 0.3 is 6.18 Å². The second-order valence-corrected chi connectivity index (χ2v) is 6.74. The second kappa shape index (κ2) is 7.61. The first-order valence-corrected chi connectivity index (χ1v) is 8.18. The molecule has 8 heteroatoms. The zero-order chi connectivity index (χ0) is 17.9. The Labute approximate surface area is 144 Å². The maximum Gasteiger partial charge on any atom is 0.416 e. The predicted octanol–water partition coefficient (Wildman–Crippen LogP) is 3.13. The average molecular weight is 364 g/mol. The Morgan fingerprint density at radius 1 is 1.38 bits per heavy atom. The highest BCUT2D eigenvalue weighted by Crippen LogP contribution is 2.34. The van der Waals surface area contributed by atoms with Crippen molar-refractivity contribution < 1.29 is 18.0 Å². The number of alkyl halides is 3. The topological polar surface area (TPSA) is 53.2 Å². The number of amides is 1. The van der Waals surface area contributed by atoms with Crippen molar-refractivity contribution in [2.75, 3.05) is 25.0 Å². The lowest BCUT2D eigenvalue weighted by atomic mass is 10.0. The van der Waals surface area contributed by atoms with Gasteiger partial charge in [0.1, 0.15) is 6.04 Å². The van der Waals surface area contributed by atoms with Gasteiger partial charge in [0.15, 0.2) is 0 Å². The Balaban J connectivity index is 2.05. The second-order valence-electron chi connectivity index (χ2n) is 6.33. The molecule has 2 rings (SSSR count). The fourth-order valence-electron chi connectivity index (χ4n) is 2.36. The lowest BCUT2D eigenvalue weighted by Crippen LogP contribution is -2.51. The molecule has 0 saturated carbocycles. The van der Waals surface area contributed by atoms with E-state index in [0.717, 1.165) is 25.2 Å². The fourth-order valence-corrected chi connectivity index (χ4v) is 2.59. The van der Waals surface area contributed by atoms with Gasteiger partial charge < -0.3 is 16.0 Å². The molecule has 1 amide bonds. The van der Waals surface area contributed by atoms with Crippen molar-refractivity contribution >= 4 is 23.2 Å². The quantitative estimate of drug-likeness (QED) is 0.728. The largest absolute Gasteiger partial charge is 0.416 e. The van der Waals surface area contributed by atoms with Crippen LogP contribution in [0.1, 0.15) is 19.4 Å². The SMILES string of the molecule is CC(C)C(Nc1ccc(C(F)(F)F)cc1Cl)C(=O)NCC1CNC1. The molecule has 1 heterocycles. The third-order valence-electron chi connectivity index (χ3n) is 3.99. The molecule has 134 valence electrons. The minimum Gasteiger partial charge on any atom is -0.372 e. The third-order valence-corrected chi connectivity index (χ3v) is 4.30. The van der Waals surface area contributed by atoms with E-state index in [4.69, 9.17) is 11.6 Å². The van der Waals surface area contributed by atoms with E-state index in [2.05, 4.69) is 16.0 Å². The monoisotopic (exact) mass is 363 g/mol. The maximum absolute atomic E-state index is 12.7. The molecular formula is C16H21ClF3N3O. The van der Waals surface area contributed by atoms with Crippen LogP contribution >= 0.6 is 11.6 Å². The van der Waals surface area contributed by atoms with Crippen molar-refractivity contribution in [3.63, 3.8) is 0 Å². The van der Waals surface area contributed by atoms with Crippen LogP contribution in [0.5, 0.6) is 0 Å². The minimum atomic E-state index is -4.45. The van der Waals surface area contributed by atoms with E-state index in [1.165, 1.54) is 6.07 Å². The minimum absolute atomic E-state index is 0.0529. The van der Waals surface area contributed by atoms with Crippen LogP contribution in [0.25, 0.3) is 0 Å². The molecule has 1 aromatic carbocycles. The number of hydrogen-bond donors (Lipinski definition) is 3. The van der Waals surface area contributed by atoms with Crippen molar-refractivity contribution in [1.29, 1.82) is 0 Å². The van der Waals surface area contributed by atoms with Gasteiger partial charge in [-0.05, 0) is 24.1 Å². The third kappa shape index (κ3) is 4.77. The molecule has 1 aliphatic rings. The molecule has 1 aromatic rings. The number of halogens is 4. The summed E-state index contributed by atoms with van der Waals surface area (Å²) in [7, 11) is 0. The summed E-state index contributed by atoms with van der Waals surface area (Å²) in [5.74, 6) is 0.187. The molecule has 1 aliphatic heterocycles. The first-order valence-electron chi connectivity index (χ1n) is 7.80. The summed E-state index contributed by atoms with van der Waals surface area (Å²) < 4.78 is 38.1. The van der Waals surface area contributed by atoms with Gasteiger partial charge in [0, 0.05) is 25.6 Å². The van der Waals surface area contributed by atoms with Crippen LogP contribution in [0.15, 0.2) is 18.2 Å². The molecule has 1 atom stereocenters. The fraction of sp³-hybridized carbons (Fsp3) is 0.562. The zero-order valence-corrected chi connectivity index (χ0v) is 14.3. The molecule has 0 radical (unpaired) electrons. The molecule has 0 spiro atoms. The first kappa shape index (κ1) is 18.9. The van der Waals surface area contributed by atoms with Crippen molar-refractivity contribution in [2.24, 2.45) is 11.8 Å². The predicted molar refractivity (Wildman–Crippen MR) is 88.1 cm³/mol. The van der Waals surface area contributed by atoms with E-state index in [0.29, 0.717) is 18.2 Å². The van der Waals surface area contributed by atoms with Gasteiger partial charge in [-0.2, -0.15) is 13.2 Å². The van der Waals surface area contributed by atoms with Gasteiger partial charge in [0.25, 0.3) is 0 Å². The number of anilines is 1. The Kier molecular flexibility index (Phi) is 5.98. The van der Waals surface area contributed by atoms with Crippen LogP contribution in [0, 0.1) is 11.8 Å². The molecule has 24 heavy (non-hydrogen) atoms. The van der Waals surface area contributed by atoms with Crippen molar-refractivity contribution in [1.82, 2.24) is 10.6 Å². The van der Waals surface area contributed by atoms with Crippen LogP contribution in [0.4, 0.5) is 18.9 Å². The Morgan fingerprint density at radius 3 is 2.50 bits per heavy atom. The standard InChI is InChI=1S/C16H21ClF3N3O/c1-9(2)14(15(24)22-8-10-6-21-7-10)23-13-4-3-11(5-12(13)17)16(18,19)20/h3-5,9-10,14,21,23H,6-8H2,1-2H3,(H,22,24). The zero-order valence-electron chi connectivity index (χ0n) is 13.5.